The first-order chi connectivity index (χ1) is 9.56. The average Bonchev–Trinajstić information content (AvgIpc) is 2.47. The maximum atomic E-state index is 5.92. The van der Waals surface area contributed by atoms with Gasteiger partial charge in [-0.15, -0.1) is 0 Å². The van der Waals surface area contributed by atoms with Crippen molar-refractivity contribution in [2.45, 2.75) is 71.1 Å². The van der Waals surface area contributed by atoms with Crippen LogP contribution in [0.15, 0.2) is 24.3 Å². The predicted molar refractivity (Wildman–Crippen MR) is 85.0 cm³/mol. The Balaban J connectivity index is 1.94. The Labute approximate surface area is 123 Å². The Bertz CT molecular complexity index is 414. The molecule has 112 valence electrons. The van der Waals surface area contributed by atoms with Crippen LogP contribution in [0.3, 0.4) is 0 Å². The molecule has 1 aliphatic heterocycles. The summed E-state index contributed by atoms with van der Waals surface area (Å²) >= 11 is 0. The van der Waals surface area contributed by atoms with Crippen LogP contribution in [-0.2, 0) is 11.2 Å². The molecular formula is C18H29NO. The highest BCUT2D eigenvalue weighted by molar-refractivity contribution is 5.24. The van der Waals surface area contributed by atoms with E-state index in [9.17, 15) is 0 Å². The number of hydrogen-bond acceptors (Lipinski definition) is 2. The van der Waals surface area contributed by atoms with Crippen molar-refractivity contribution in [3.63, 3.8) is 0 Å². The summed E-state index contributed by atoms with van der Waals surface area (Å²) in [6.07, 6.45) is 4.43. The molecule has 1 aromatic carbocycles. The molecule has 1 aliphatic rings. The van der Waals surface area contributed by atoms with Crippen LogP contribution in [0.1, 0.15) is 64.1 Å². The normalized spacial score (nSPS) is 28.3. The molecule has 0 saturated carbocycles. The smallest absolute Gasteiger partial charge is 0.0666 e. The van der Waals surface area contributed by atoms with Crippen LogP contribution in [0.4, 0.5) is 0 Å². The Hall–Kier alpha value is -0.860. The van der Waals surface area contributed by atoms with Crippen molar-refractivity contribution in [2.75, 3.05) is 6.61 Å². The summed E-state index contributed by atoms with van der Waals surface area (Å²) in [6, 6.07) is 9.98. The fraction of sp³-hybridized carbons (Fsp3) is 0.667. The third-order valence-electron chi connectivity index (χ3n) is 4.72. The second-order valence-corrected chi connectivity index (χ2v) is 6.33. The molecule has 1 heterocycles. The van der Waals surface area contributed by atoms with E-state index >= 15 is 0 Å². The van der Waals surface area contributed by atoms with Crippen molar-refractivity contribution in [3.05, 3.63) is 35.4 Å². The molecule has 0 spiro atoms. The van der Waals surface area contributed by atoms with Gasteiger partial charge in [-0.3, -0.25) is 0 Å². The topological polar surface area (TPSA) is 21.3 Å². The van der Waals surface area contributed by atoms with Crippen molar-refractivity contribution < 1.29 is 4.74 Å². The van der Waals surface area contributed by atoms with Crippen molar-refractivity contribution in [2.24, 2.45) is 0 Å². The van der Waals surface area contributed by atoms with E-state index < -0.39 is 0 Å². The van der Waals surface area contributed by atoms with Crippen molar-refractivity contribution in [3.8, 4) is 0 Å². The fourth-order valence-electron chi connectivity index (χ4n) is 3.01. The largest absolute Gasteiger partial charge is 0.375 e. The van der Waals surface area contributed by atoms with Gasteiger partial charge in [0.05, 0.1) is 5.60 Å². The molecule has 0 aliphatic carbocycles. The Kier molecular flexibility index (Phi) is 5.22. The summed E-state index contributed by atoms with van der Waals surface area (Å²) in [5.41, 5.74) is 2.85. The molecule has 2 nitrogen and oxygen atoms in total. The van der Waals surface area contributed by atoms with Gasteiger partial charge in [0.15, 0.2) is 0 Å². The summed E-state index contributed by atoms with van der Waals surface area (Å²) in [4.78, 5) is 0. The molecule has 3 unspecified atom stereocenters. The molecule has 1 fully saturated rings. The van der Waals surface area contributed by atoms with E-state index in [4.69, 9.17) is 4.74 Å². The van der Waals surface area contributed by atoms with E-state index in [1.54, 1.807) is 0 Å². The Morgan fingerprint density at radius 2 is 2.00 bits per heavy atom. The van der Waals surface area contributed by atoms with Gasteiger partial charge in [0.2, 0.25) is 0 Å². The van der Waals surface area contributed by atoms with E-state index in [1.165, 1.54) is 11.1 Å². The number of benzene rings is 1. The zero-order valence-electron chi connectivity index (χ0n) is 13.4. The van der Waals surface area contributed by atoms with Crippen LogP contribution >= 0.6 is 0 Å². The fourth-order valence-corrected chi connectivity index (χ4v) is 3.01. The van der Waals surface area contributed by atoms with Crippen LogP contribution in [-0.4, -0.2) is 18.2 Å². The van der Waals surface area contributed by atoms with Gasteiger partial charge in [-0.2, -0.15) is 0 Å². The van der Waals surface area contributed by atoms with Crippen LogP contribution < -0.4 is 5.32 Å². The van der Waals surface area contributed by atoms with Gasteiger partial charge in [0, 0.05) is 18.7 Å². The van der Waals surface area contributed by atoms with Crippen LogP contribution in [0, 0.1) is 0 Å². The molecule has 0 amide bonds. The maximum absolute atomic E-state index is 5.92. The molecule has 3 atom stereocenters. The molecule has 2 rings (SSSR count). The zero-order chi connectivity index (χ0) is 14.6. The first-order valence-electron chi connectivity index (χ1n) is 8.05. The molecular weight excluding hydrogens is 246 g/mol. The number of nitrogens with one attached hydrogen (secondary N) is 1. The highest BCUT2D eigenvalue weighted by Crippen LogP contribution is 2.29. The summed E-state index contributed by atoms with van der Waals surface area (Å²) in [5, 5.41) is 3.78. The second-order valence-electron chi connectivity index (χ2n) is 6.33. The van der Waals surface area contributed by atoms with E-state index in [0.717, 1.165) is 32.3 Å². The summed E-state index contributed by atoms with van der Waals surface area (Å²) in [6.45, 7) is 9.80. The molecule has 1 saturated heterocycles. The van der Waals surface area contributed by atoms with Gasteiger partial charge >= 0.3 is 0 Å². The van der Waals surface area contributed by atoms with Crippen molar-refractivity contribution in [1.82, 2.24) is 5.32 Å². The number of ether oxygens (including phenoxy) is 1. The monoisotopic (exact) mass is 275 g/mol. The molecule has 20 heavy (non-hydrogen) atoms. The van der Waals surface area contributed by atoms with Crippen molar-refractivity contribution >= 4 is 0 Å². The van der Waals surface area contributed by atoms with Gasteiger partial charge in [-0.25, -0.2) is 0 Å². The van der Waals surface area contributed by atoms with Gasteiger partial charge in [0.25, 0.3) is 0 Å². The minimum atomic E-state index is 0.0572. The quantitative estimate of drug-likeness (QED) is 0.867. The number of rotatable bonds is 5. The summed E-state index contributed by atoms with van der Waals surface area (Å²) < 4.78 is 5.92. The summed E-state index contributed by atoms with van der Waals surface area (Å²) in [7, 11) is 0. The molecule has 2 heteroatoms. The van der Waals surface area contributed by atoms with Gasteiger partial charge < -0.3 is 10.1 Å². The van der Waals surface area contributed by atoms with Crippen LogP contribution in [0.25, 0.3) is 0 Å². The highest BCUT2D eigenvalue weighted by atomic mass is 16.5. The lowest BCUT2D eigenvalue weighted by Gasteiger charge is -2.39. The lowest BCUT2D eigenvalue weighted by atomic mass is 9.89. The van der Waals surface area contributed by atoms with Gasteiger partial charge in [-0.05, 0) is 50.7 Å². The minimum Gasteiger partial charge on any atom is -0.375 e. The predicted octanol–water partition coefficient (Wildman–Crippen LogP) is 4.25. The molecule has 0 bridgehead atoms. The average molecular weight is 275 g/mol. The molecule has 1 aromatic rings. The lowest BCUT2D eigenvalue weighted by Crippen LogP contribution is -2.45. The van der Waals surface area contributed by atoms with Gasteiger partial charge in [0.1, 0.15) is 0 Å². The summed E-state index contributed by atoms with van der Waals surface area (Å²) in [5.74, 6) is 0. The Morgan fingerprint density at radius 1 is 1.30 bits per heavy atom. The Morgan fingerprint density at radius 3 is 2.60 bits per heavy atom. The SMILES string of the molecule is CCc1ccc(C(C)NC2CCOC(C)(CC)C2)cc1. The van der Waals surface area contributed by atoms with E-state index in [2.05, 4.69) is 57.3 Å². The maximum Gasteiger partial charge on any atom is 0.0666 e. The number of aryl methyl sites for hydroxylation is 1. The minimum absolute atomic E-state index is 0.0572. The van der Waals surface area contributed by atoms with Crippen molar-refractivity contribution in [1.29, 1.82) is 0 Å². The van der Waals surface area contributed by atoms with Crippen LogP contribution in [0.5, 0.6) is 0 Å². The van der Waals surface area contributed by atoms with E-state index in [-0.39, 0.29) is 5.60 Å². The lowest BCUT2D eigenvalue weighted by molar-refractivity contribution is -0.0789. The number of hydrogen-bond donors (Lipinski definition) is 1. The third-order valence-corrected chi connectivity index (χ3v) is 4.72. The molecule has 1 N–H and O–H groups in total. The van der Waals surface area contributed by atoms with Gasteiger partial charge in [-0.1, -0.05) is 38.1 Å². The zero-order valence-corrected chi connectivity index (χ0v) is 13.4. The molecule has 0 aromatic heterocycles. The van der Waals surface area contributed by atoms with E-state index in [0.29, 0.717) is 12.1 Å². The van der Waals surface area contributed by atoms with Crippen LogP contribution in [0.2, 0.25) is 0 Å². The first-order valence-corrected chi connectivity index (χ1v) is 8.05. The third kappa shape index (κ3) is 3.83. The highest BCUT2D eigenvalue weighted by Gasteiger charge is 2.32. The second kappa shape index (κ2) is 6.73. The first kappa shape index (κ1) is 15.5. The standard InChI is InChI=1S/C18H29NO/c1-5-15-7-9-16(10-8-15)14(3)19-17-11-12-20-18(4,6-2)13-17/h7-10,14,17,19H,5-6,11-13H2,1-4H3. The molecule has 0 radical (unpaired) electrons. The van der Waals surface area contributed by atoms with E-state index in [1.807, 2.05) is 0 Å².